The molecule has 1 aromatic rings. The first-order valence-corrected chi connectivity index (χ1v) is 9.66. The molecule has 1 unspecified atom stereocenters. The van der Waals surface area contributed by atoms with Gasteiger partial charge in [0, 0.05) is 13.1 Å². The predicted molar refractivity (Wildman–Crippen MR) is 99.6 cm³/mol. The van der Waals surface area contributed by atoms with Crippen LogP contribution in [0.15, 0.2) is 24.3 Å². The minimum Gasteiger partial charge on any atom is -0.351 e. The molecule has 3 atom stereocenters. The van der Waals surface area contributed by atoms with E-state index in [-0.39, 0.29) is 17.2 Å². The van der Waals surface area contributed by atoms with Crippen LogP contribution in [-0.2, 0) is 21.7 Å². The van der Waals surface area contributed by atoms with Crippen LogP contribution in [0.3, 0.4) is 0 Å². The molecular formula is C20H26N4O3. The van der Waals surface area contributed by atoms with Crippen LogP contribution in [0.5, 0.6) is 0 Å². The third-order valence-corrected chi connectivity index (χ3v) is 6.52. The van der Waals surface area contributed by atoms with E-state index in [1.54, 1.807) is 6.92 Å². The number of fused-ring (bicyclic) bond motifs is 1. The van der Waals surface area contributed by atoms with Crippen molar-refractivity contribution in [2.45, 2.75) is 44.7 Å². The molecule has 2 heterocycles. The minimum absolute atomic E-state index is 0.149. The van der Waals surface area contributed by atoms with E-state index in [0.717, 1.165) is 37.9 Å². The maximum absolute atomic E-state index is 12.9. The van der Waals surface area contributed by atoms with Crippen LogP contribution in [0.1, 0.15) is 43.7 Å². The largest absolute Gasteiger partial charge is 0.351 e. The van der Waals surface area contributed by atoms with E-state index >= 15 is 0 Å². The number of rotatable bonds is 4. The van der Waals surface area contributed by atoms with Gasteiger partial charge in [0.25, 0.3) is 5.91 Å². The summed E-state index contributed by atoms with van der Waals surface area (Å²) in [6.45, 7) is 3.85. The molecule has 7 heteroatoms. The van der Waals surface area contributed by atoms with Gasteiger partial charge in [-0.25, -0.2) is 4.79 Å². The first-order valence-electron chi connectivity index (χ1n) is 9.66. The van der Waals surface area contributed by atoms with Crippen molar-refractivity contribution >= 4 is 17.8 Å². The third kappa shape index (κ3) is 3.00. The number of amides is 4. The molecule has 0 aromatic heterocycles. The van der Waals surface area contributed by atoms with E-state index in [2.05, 4.69) is 21.3 Å². The van der Waals surface area contributed by atoms with Crippen molar-refractivity contribution in [1.29, 1.82) is 0 Å². The van der Waals surface area contributed by atoms with E-state index in [1.165, 1.54) is 6.42 Å². The molecule has 3 aliphatic rings. The monoisotopic (exact) mass is 370 g/mol. The van der Waals surface area contributed by atoms with Crippen LogP contribution < -0.4 is 21.3 Å². The molecule has 4 N–H and O–H groups in total. The summed E-state index contributed by atoms with van der Waals surface area (Å²) in [6.07, 6.45) is 4.42. The lowest BCUT2D eigenvalue weighted by molar-refractivity contribution is -0.134. The zero-order valence-electron chi connectivity index (χ0n) is 15.6. The van der Waals surface area contributed by atoms with Crippen molar-refractivity contribution in [3.63, 3.8) is 0 Å². The van der Waals surface area contributed by atoms with Crippen LogP contribution in [0.2, 0.25) is 0 Å². The number of imide groups is 1. The van der Waals surface area contributed by atoms with Crippen molar-refractivity contribution in [3.8, 4) is 0 Å². The molecule has 3 fully saturated rings. The second-order valence-electron chi connectivity index (χ2n) is 8.14. The average Bonchev–Trinajstić information content (AvgIpc) is 3.22. The van der Waals surface area contributed by atoms with Crippen LogP contribution in [-0.4, -0.2) is 30.9 Å². The summed E-state index contributed by atoms with van der Waals surface area (Å²) in [6, 6.07) is 6.95. The summed E-state index contributed by atoms with van der Waals surface area (Å²) in [4.78, 5) is 36.4. The van der Waals surface area contributed by atoms with Gasteiger partial charge in [0.15, 0.2) is 0 Å². The summed E-state index contributed by atoms with van der Waals surface area (Å²) < 4.78 is 0. The summed E-state index contributed by atoms with van der Waals surface area (Å²) in [5.41, 5.74) is 0.377. The van der Waals surface area contributed by atoms with E-state index in [0.29, 0.717) is 18.0 Å². The Hall–Kier alpha value is -2.41. The fraction of sp³-hybridized carbons (Fsp3) is 0.550. The highest BCUT2D eigenvalue weighted by atomic mass is 16.2. The van der Waals surface area contributed by atoms with Gasteiger partial charge in [0.2, 0.25) is 5.91 Å². The Morgan fingerprint density at radius 1 is 1.22 bits per heavy atom. The second kappa shape index (κ2) is 6.64. The van der Waals surface area contributed by atoms with Gasteiger partial charge in [-0.2, -0.15) is 0 Å². The average molecular weight is 370 g/mol. The number of urea groups is 1. The van der Waals surface area contributed by atoms with Crippen molar-refractivity contribution in [2.24, 2.45) is 11.3 Å². The van der Waals surface area contributed by atoms with Gasteiger partial charge in [0.1, 0.15) is 5.54 Å². The van der Waals surface area contributed by atoms with E-state index in [9.17, 15) is 14.4 Å². The standard InChI is InChI=1S/C20H26N4O3/c1-19(16(25)23-18(27)24-19)14-7-5-13(6-8-14)10-22-17(26)20-9-3-2-4-15(20)11-21-12-20/h5-8,15,21H,2-4,9-12H2,1H3,(H,22,26)(H2,23,24,25,27)/t15-,19?,20+/m0/s1. The summed E-state index contributed by atoms with van der Waals surface area (Å²) in [5.74, 6) is 0.235. The predicted octanol–water partition coefficient (Wildman–Crippen LogP) is 1.14. The lowest BCUT2D eigenvalue weighted by atomic mass is 9.67. The number of benzene rings is 1. The van der Waals surface area contributed by atoms with Crippen LogP contribution >= 0.6 is 0 Å². The Morgan fingerprint density at radius 2 is 2.00 bits per heavy atom. The SMILES string of the molecule is CC1(c2ccc(CNC(=O)[C@@]34CCCC[C@H]3CNC4)cc2)NC(=O)NC1=O. The highest BCUT2D eigenvalue weighted by Gasteiger charge is 2.49. The molecule has 1 aliphatic carbocycles. The van der Waals surface area contributed by atoms with Gasteiger partial charge in [-0.3, -0.25) is 14.9 Å². The van der Waals surface area contributed by atoms with Gasteiger partial charge in [-0.05, 0) is 43.4 Å². The topological polar surface area (TPSA) is 99.3 Å². The molecule has 1 saturated carbocycles. The van der Waals surface area contributed by atoms with Gasteiger partial charge >= 0.3 is 6.03 Å². The van der Waals surface area contributed by atoms with Crippen molar-refractivity contribution in [3.05, 3.63) is 35.4 Å². The van der Waals surface area contributed by atoms with Crippen molar-refractivity contribution < 1.29 is 14.4 Å². The third-order valence-electron chi connectivity index (χ3n) is 6.52. The zero-order chi connectivity index (χ0) is 19.1. The lowest BCUT2D eigenvalue weighted by Crippen LogP contribution is -2.47. The molecule has 27 heavy (non-hydrogen) atoms. The fourth-order valence-corrected chi connectivity index (χ4v) is 4.75. The van der Waals surface area contributed by atoms with Crippen molar-refractivity contribution in [2.75, 3.05) is 13.1 Å². The van der Waals surface area contributed by atoms with E-state index in [1.807, 2.05) is 24.3 Å². The molecule has 4 rings (SSSR count). The zero-order valence-corrected chi connectivity index (χ0v) is 15.6. The first kappa shape index (κ1) is 18.0. The van der Waals surface area contributed by atoms with Crippen molar-refractivity contribution in [1.82, 2.24) is 21.3 Å². The minimum atomic E-state index is -1.05. The quantitative estimate of drug-likeness (QED) is 0.597. The summed E-state index contributed by atoms with van der Waals surface area (Å²) in [5, 5.41) is 11.4. The van der Waals surface area contributed by atoms with E-state index in [4.69, 9.17) is 0 Å². The molecule has 2 saturated heterocycles. The molecular weight excluding hydrogens is 344 g/mol. The number of hydrogen-bond acceptors (Lipinski definition) is 4. The maximum atomic E-state index is 12.9. The number of nitrogens with one attached hydrogen (secondary N) is 4. The normalized spacial score (nSPS) is 32.6. The smallest absolute Gasteiger partial charge is 0.322 e. The van der Waals surface area contributed by atoms with Gasteiger partial charge in [-0.1, -0.05) is 37.1 Å². The van der Waals surface area contributed by atoms with Crippen LogP contribution in [0.25, 0.3) is 0 Å². The number of carbonyl (C=O) groups excluding carboxylic acids is 3. The highest BCUT2D eigenvalue weighted by molar-refractivity contribution is 6.07. The Morgan fingerprint density at radius 3 is 2.70 bits per heavy atom. The van der Waals surface area contributed by atoms with Crippen LogP contribution in [0.4, 0.5) is 4.79 Å². The second-order valence-corrected chi connectivity index (χ2v) is 8.14. The molecule has 0 bridgehead atoms. The Labute approximate surface area is 158 Å². The molecule has 2 aliphatic heterocycles. The maximum Gasteiger partial charge on any atom is 0.322 e. The molecule has 4 amide bonds. The van der Waals surface area contributed by atoms with Gasteiger partial charge < -0.3 is 16.0 Å². The first-order chi connectivity index (χ1) is 12.9. The number of carbonyl (C=O) groups is 3. The Kier molecular flexibility index (Phi) is 4.42. The Balaban J connectivity index is 1.41. The summed E-state index contributed by atoms with van der Waals surface area (Å²) >= 11 is 0. The lowest BCUT2D eigenvalue weighted by Gasteiger charge is -2.37. The van der Waals surface area contributed by atoms with E-state index < -0.39 is 11.6 Å². The summed E-state index contributed by atoms with van der Waals surface area (Å²) in [7, 11) is 0. The molecule has 144 valence electrons. The molecule has 0 radical (unpaired) electrons. The van der Waals surface area contributed by atoms with Crippen LogP contribution in [0, 0.1) is 11.3 Å². The molecule has 7 nitrogen and oxygen atoms in total. The van der Waals surface area contributed by atoms with Gasteiger partial charge in [0.05, 0.1) is 5.41 Å². The van der Waals surface area contributed by atoms with Gasteiger partial charge in [-0.15, -0.1) is 0 Å². The molecule has 0 spiro atoms. The Bertz CT molecular complexity index is 778. The molecule has 1 aromatic carbocycles. The highest BCUT2D eigenvalue weighted by Crippen LogP contribution is 2.43. The number of hydrogen-bond donors (Lipinski definition) is 4. The fourth-order valence-electron chi connectivity index (χ4n) is 4.75.